The van der Waals surface area contributed by atoms with Crippen LogP contribution in [-0.4, -0.2) is 15.0 Å². The van der Waals surface area contributed by atoms with Gasteiger partial charge in [-0.1, -0.05) is 200 Å². The fraction of sp³-hybridized carbons (Fsp3) is 0. The van der Waals surface area contributed by atoms with E-state index in [4.69, 9.17) is 15.0 Å². The van der Waals surface area contributed by atoms with Crippen molar-refractivity contribution >= 4 is 0 Å². The molecule has 0 spiro atoms. The van der Waals surface area contributed by atoms with Gasteiger partial charge in [0.15, 0.2) is 17.5 Å². The Kier molecular flexibility index (Phi) is 9.97. The van der Waals surface area contributed by atoms with Crippen molar-refractivity contribution in [3.05, 3.63) is 237 Å². The predicted octanol–water partition coefficient (Wildman–Crippen LogP) is 14.9. The maximum Gasteiger partial charge on any atom is 0.164 e. The number of benzene rings is 9. The van der Waals surface area contributed by atoms with Crippen LogP contribution >= 0.6 is 0 Å². The summed E-state index contributed by atoms with van der Waals surface area (Å²) in [5, 5.41) is 0. The number of rotatable bonds is 9. The van der Waals surface area contributed by atoms with Crippen LogP contribution < -0.4 is 0 Å². The Balaban J connectivity index is 1.16. The molecule has 0 bridgehead atoms. The minimum absolute atomic E-state index is 0.622. The standard InChI is InChI=1S/C57H39N3/c1-6-18-40(19-7-1)45-28-16-30-47(34-45)50-36-51(48-31-17-29-46(35-48)41-20-8-2-9-21-41)38-52(37-50)53-33-32-49(39-54(53)42-22-10-3-11-23-42)57-59-55(43-24-12-4-13-25-43)58-56(60-57)44-26-14-5-15-27-44/h1-39H. The Labute approximate surface area is 351 Å². The lowest BCUT2D eigenvalue weighted by Gasteiger charge is -2.17. The molecule has 0 aliphatic rings. The van der Waals surface area contributed by atoms with Crippen LogP contribution in [0.25, 0.3) is 101 Å². The van der Waals surface area contributed by atoms with Crippen LogP contribution in [0.15, 0.2) is 237 Å². The summed E-state index contributed by atoms with van der Waals surface area (Å²) in [4.78, 5) is 15.1. The second-order valence-corrected chi connectivity index (χ2v) is 14.9. The van der Waals surface area contributed by atoms with Crippen molar-refractivity contribution in [2.45, 2.75) is 0 Å². The van der Waals surface area contributed by atoms with Gasteiger partial charge in [-0.05, 0) is 103 Å². The Morgan fingerprint density at radius 3 is 0.917 bits per heavy atom. The van der Waals surface area contributed by atoms with Crippen LogP contribution in [0, 0.1) is 0 Å². The summed E-state index contributed by atoms with van der Waals surface area (Å²) in [6, 6.07) is 83.4. The van der Waals surface area contributed by atoms with Gasteiger partial charge in [0.05, 0.1) is 0 Å². The third kappa shape index (κ3) is 7.68. The summed E-state index contributed by atoms with van der Waals surface area (Å²) in [6.45, 7) is 0. The van der Waals surface area contributed by atoms with Crippen LogP contribution in [0.3, 0.4) is 0 Å². The highest BCUT2D eigenvalue weighted by Gasteiger charge is 2.17. The number of aromatic nitrogens is 3. The van der Waals surface area contributed by atoms with Crippen LogP contribution in [0.1, 0.15) is 0 Å². The van der Waals surface area contributed by atoms with E-state index in [0.29, 0.717) is 17.5 Å². The molecule has 3 nitrogen and oxygen atoms in total. The van der Waals surface area contributed by atoms with E-state index in [2.05, 4.69) is 176 Å². The fourth-order valence-electron chi connectivity index (χ4n) is 7.86. The first-order valence-corrected chi connectivity index (χ1v) is 20.3. The maximum absolute atomic E-state index is 5.09. The van der Waals surface area contributed by atoms with E-state index in [1.165, 1.54) is 22.3 Å². The molecule has 0 aliphatic carbocycles. The highest BCUT2D eigenvalue weighted by molar-refractivity contribution is 5.91. The largest absolute Gasteiger partial charge is 0.208 e. The van der Waals surface area contributed by atoms with Gasteiger partial charge in [-0.25, -0.2) is 15.0 Å². The molecule has 0 saturated heterocycles. The van der Waals surface area contributed by atoms with E-state index in [-0.39, 0.29) is 0 Å². The highest BCUT2D eigenvalue weighted by atomic mass is 15.0. The first-order valence-electron chi connectivity index (χ1n) is 20.3. The molecule has 0 saturated carbocycles. The molecule has 282 valence electrons. The third-order valence-electron chi connectivity index (χ3n) is 10.9. The van der Waals surface area contributed by atoms with Crippen molar-refractivity contribution in [2.24, 2.45) is 0 Å². The molecule has 9 aromatic carbocycles. The van der Waals surface area contributed by atoms with Gasteiger partial charge >= 0.3 is 0 Å². The fourth-order valence-corrected chi connectivity index (χ4v) is 7.86. The zero-order valence-corrected chi connectivity index (χ0v) is 32.9. The minimum Gasteiger partial charge on any atom is -0.208 e. The molecule has 0 amide bonds. The lowest BCUT2D eigenvalue weighted by molar-refractivity contribution is 1.07. The van der Waals surface area contributed by atoms with Crippen molar-refractivity contribution in [1.82, 2.24) is 15.0 Å². The Morgan fingerprint density at radius 1 is 0.167 bits per heavy atom. The van der Waals surface area contributed by atoms with Gasteiger partial charge in [0, 0.05) is 16.7 Å². The Hall–Kier alpha value is -8.01. The zero-order valence-electron chi connectivity index (χ0n) is 32.9. The normalized spacial score (nSPS) is 11.0. The molecule has 60 heavy (non-hydrogen) atoms. The molecule has 0 aliphatic heterocycles. The van der Waals surface area contributed by atoms with Gasteiger partial charge in [0.2, 0.25) is 0 Å². The molecule has 0 fully saturated rings. The van der Waals surface area contributed by atoms with E-state index in [1.807, 2.05) is 60.7 Å². The van der Waals surface area contributed by atoms with E-state index in [1.54, 1.807) is 0 Å². The van der Waals surface area contributed by atoms with Crippen molar-refractivity contribution in [3.63, 3.8) is 0 Å². The highest BCUT2D eigenvalue weighted by Crippen LogP contribution is 2.41. The van der Waals surface area contributed by atoms with E-state index in [0.717, 1.165) is 61.2 Å². The average Bonchev–Trinajstić information content (AvgIpc) is 3.35. The van der Waals surface area contributed by atoms with E-state index >= 15 is 0 Å². The van der Waals surface area contributed by atoms with Crippen LogP contribution in [0.5, 0.6) is 0 Å². The van der Waals surface area contributed by atoms with Crippen molar-refractivity contribution < 1.29 is 0 Å². The van der Waals surface area contributed by atoms with Crippen molar-refractivity contribution in [2.75, 3.05) is 0 Å². The molecule has 0 radical (unpaired) electrons. The molecule has 0 unspecified atom stereocenters. The maximum atomic E-state index is 5.09. The van der Waals surface area contributed by atoms with Crippen LogP contribution in [-0.2, 0) is 0 Å². The SMILES string of the molecule is c1ccc(-c2cccc(-c3cc(-c4cccc(-c5ccccc5)c4)cc(-c4ccc(-c5nc(-c6ccccc6)nc(-c6ccccc6)n5)cc4-c4ccccc4)c3)c2)cc1. The summed E-state index contributed by atoms with van der Waals surface area (Å²) < 4.78 is 0. The quantitative estimate of drug-likeness (QED) is 0.147. The first-order chi connectivity index (χ1) is 29.7. The Morgan fingerprint density at radius 2 is 0.483 bits per heavy atom. The number of hydrogen-bond donors (Lipinski definition) is 0. The second kappa shape index (κ2) is 16.5. The van der Waals surface area contributed by atoms with Gasteiger partial charge in [-0.3, -0.25) is 0 Å². The average molecular weight is 766 g/mol. The lowest BCUT2D eigenvalue weighted by Crippen LogP contribution is -2.00. The van der Waals surface area contributed by atoms with Gasteiger partial charge in [-0.2, -0.15) is 0 Å². The molecule has 3 heteroatoms. The summed E-state index contributed by atoms with van der Waals surface area (Å²) in [6.07, 6.45) is 0. The molecule has 1 heterocycles. The first kappa shape index (κ1) is 36.3. The monoisotopic (exact) mass is 765 g/mol. The van der Waals surface area contributed by atoms with Crippen LogP contribution in [0.2, 0.25) is 0 Å². The van der Waals surface area contributed by atoms with Crippen LogP contribution in [0.4, 0.5) is 0 Å². The molecule has 0 atom stereocenters. The second-order valence-electron chi connectivity index (χ2n) is 14.9. The smallest absolute Gasteiger partial charge is 0.164 e. The van der Waals surface area contributed by atoms with E-state index in [9.17, 15) is 0 Å². The molecular formula is C57H39N3. The summed E-state index contributed by atoms with van der Waals surface area (Å²) >= 11 is 0. The van der Waals surface area contributed by atoms with Gasteiger partial charge < -0.3 is 0 Å². The Bertz CT molecular complexity index is 2900. The van der Waals surface area contributed by atoms with Crippen molar-refractivity contribution in [1.29, 1.82) is 0 Å². The summed E-state index contributed by atoms with van der Waals surface area (Å²) in [7, 11) is 0. The zero-order chi connectivity index (χ0) is 40.1. The molecular weight excluding hydrogens is 727 g/mol. The van der Waals surface area contributed by atoms with Gasteiger partial charge in [0.1, 0.15) is 0 Å². The third-order valence-corrected chi connectivity index (χ3v) is 10.9. The molecule has 1 aromatic heterocycles. The topological polar surface area (TPSA) is 38.7 Å². The molecule has 10 aromatic rings. The number of nitrogens with zero attached hydrogens (tertiary/aromatic N) is 3. The van der Waals surface area contributed by atoms with Gasteiger partial charge in [0.25, 0.3) is 0 Å². The van der Waals surface area contributed by atoms with Crippen molar-refractivity contribution in [3.8, 4) is 101 Å². The lowest BCUT2D eigenvalue weighted by atomic mass is 9.88. The van der Waals surface area contributed by atoms with Gasteiger partial charge in [-0.15, -0.1) is 0 Å². The predicted molar refractivity (Wildman–Crippen MR) is 249 cm³/mol. The summed E-state index contributed by atoms with van der Waals surface area (Å²) in [5.74, 6) is 1.89. The summed E-state index contributed by atoms with van der Waals surface area (Å²) in [5.41, 5.74) is 16.6. The van der Waals surface area contributed by atoms with E-state index < -0.39 is 0 Å². The molecule has 10 rings (SSSR count). The minimum atomic E-state index is 0.622. The molecule has 0 N–H and O–H groups in total. The number of hydrogen-bond acceptors (Lipinski definition) is 3.